The fraction of sp³-hybridized carbons (Fsp3) is 0.609. The van der Waals surface area contributed by atoms with Crippen LogP contribution in [-0.4, -0.2) is 28.6 Å². The molecule has 0 saturated heterocycles. The first-order valence-corrected chi connectivity index (χ1v) is 11.0. The van der Waals surface area contributed by atoms with E-state index in [9.17, 15) is 18.0 Å². The number of carbonyl (C=O) groups excluding carboxylic acids is 1. The van der Waals surface area contributed by atoms with Crippen LogP contribution in [0, 0.1) is 12.8 Å². The lowest BCUT2D eigenvalue weighted by Gasteiger charge is -2.29. The van der Waals surface area contributed by atoms with Gasteiger partial charge in [-0.05, 0) is 62.3 Å². The van der Waals surface area contributed by atoms with E-state index in [-0.39, 0.29) is 11.0 Å². The number of alkyl halides is 3. The van der Waals surface area contributed by atoms with Gasteiger partial charge in [-0.1, -0.05) is 25.9 Å². The van der Waals surface area contributed by atoms with Crippen molar-refractivity contribution in [3.8, 4) is 0 Å². The molecule has 0 radical (unpaired) electrons. The number of carbonyl (C=O) groups is 1. The summed E-state index contributed by atoms with van der Waals surface area (Å²) in [6.45, 7) is 8.61. The minimum atomic E-state index is -4.47. The molecule has 0 aliphatic heterocycles. The van der Waals surface area contributed by atoms with Gasteiger partial charge in [0.05, 0.1) is 12.1 Å². The lowest BCUT2D eigenvalue weighted by atomic mass is 9.86. The van der Waals surface area contributed by atoms with Crippen LogP contribution in [0.4, 0.5) is 13.2 Å². The Balaban J connectivity index is 1.43. The van der Waals surface area contributed by atoms with E-state index in [0.29, 0.717) is 42.3 Å². The van der Waals surface area contributed by atoms with Gasteiger partial charge in [-0.3, -0.25) is 4.79 Å². The van der Waals surface area contributed by atoms with Crippen molar-refractivity contribution in [2.24, 2.45) is 5.92 Å². The molecular weight excluding hydrogens is 421 g/mol. The monoisotopic (exact) mass is 452 g/mol. The topological polar surface area (TPSA) is 80.0 Å². The largest absolute Gasteiger partial charge is 0.416 e. The van der Waals surface area contributed by atoms with E-state index in [1.54, 1.807) is 6.92 Å². The number of hydrogen-bond donors (Lipinski definition) is 2. The van der Waals surface area contributed by atoms with Gasteiger partial charge in [0.25, 0.3) is 5.91 Å². The second kappa shape index (κ2) is 9.60. The van der Waals surface area contributed by atoms with Crippen LogP contribution in [0.15, 0.2) is 22.7 Å². The maximum Gasteiger partial charge on any atom is 0.416 e. The molecule has 0 unspecified atom stereocenters. The summed E-state index contributed by atoms with van der Waals surface area (Å²) in [6, 6.07) is 3.77. The van der Waals surface area contributed by atoms with E-state index >= 15 is 0 Å². The Labute approximate surface area is 186 Å². The predicted octanol–water partition coefficient (Wildman–Crippen LogP) is 4.77. The summed E-state index contributed by atoms with van der Waals surface area (Å²) in [5.74, 6) is 1.10. The van der Waals surface area contributed by atoms with E-state index in [1.807, 2.05) is 20.8 Å². The zero-order valence-corrected chi connectivity index (χ0v) is 19.0. The number of nitrogens with zero attached hydrogens (tertiary/aromatic N) is 2. The van der Waals surface area contributed by atoms with Crippen LogP contribution in [0.2, 0.25) is 0 Å². The highest BCUT2D eigenvalue weighted by atomic mass is 19.4. The van der Waals surface area contributed by atoms with Crippen LogP contribution in [0.1, 0.15) is 79.7 Å². The molecule has 9 heteroatoms. The summed E-state index contributed by atoms with van der Waals surface area (Å²) in [6.07, 6.45) is -0.708. The number of benzene rings is 1. The molecule has 1 amide bonds. The molecule has 1 fully saturated rings. The Bertz CT molecular complexity index is 926. The van der Waals surface area contributed by atoms with E-state index in [0.717, 1.165) is 37.8 Å². The SMILES string of the molecule is Cc1cc(C(=O)NC[C@H]2CC[C@H](NCc3noc(C(C)(C)C)n3)CC2)cc(C(F)(F)F)c1. The normalized spacial score (nSPS) is 19.7. The lowest BCUT2D eigenvalue weighted by Crippen LogP contribution is -2.37. The molecule has 0 atom stereocenters. The molecule has 0 bridgehead atoms. The Morgan fingerprint density at radius 1 is 1.12 bits per heavy atom. The van der Waals surface area contributed by atoms with Gasteiger partial charge in [0.2, 0.25) is 5.89 Å². The van der Waals surface area contributed by atoms with Gasteiger partial charge in [-0.25, -0.2) is 0 Å². The Morgan fingerprint density at radius 2 is 1.81 bits per heavy atom. The molecule has 0 spiro atoms. The first-order valence-electron chi connectivity index (χ1n) is 11.0. The van der Waals surface area contributed by atoms with Crippen molar-refractivity contribution >= 4 is 5.91 Å². The Morgan fingerprint density at radius 3 is 2.41 bits per heavy atom. The molecule has 2 N–H and O–H groups in total. The summed E-state index contributed by atoms with van der Waals surface area (Å²) >= 11 is 0. The fourth-order valence-electron chi connectivity index (χ4n) is 3.85. The number of aryl methyl sites for hydroxylation is 1. The van der Waals surface area contributed by atoms with Gasteiger partial charge in [0, 0.05) is 23.6 Å². The smallest absolute Gasteiger partial charge is 0.352 e. The van der Waals surface area contributed by atoms with Gasteiger partial charge in [0.1, 0.15) is 0 Å². The lowest BCUT2D eigenvalue weighted by molar-refractivity contribution is -0.137. The van der Waals surface area contributed by atoms with Crippen molar-refractivity contribution < 1.29 is 22.5 Å². The van der Waals surface area contributed by atoms with Crippen LogP contribution in [0.3, 0.4) is 0 Å². The summed E-state index contributed by atoms with van der Waals surface area (Å²) in [5, 5.41) is 10.3. The maximum atomic E-state index is 13.0. The van der Waals surface area contributed by atoms with E-state index < -0.39 is 17.6 Å². The zero-order chi connectivity index (χ0) is 23.5. The first kappa shape index (κ1) is 24.2. The van der Waals surface area contributed by atoms with Crippen LogP contribution in [0.5, 0.6) is 0 Å². The minimum absolute atomic E-state index is 0.0439. The molecule has 1 aromatic heterocycles. The molecule has 176 valence electrons. The van der Waals surface area contributed by atoms with Crippen molar-refractivity contribution in [1.29, 1.82) is 0 Å². The molecule has 1 saturated carbocycles. The highest BCUT2D eigenvalue weighted by molar-refractivity contribution is 5.94. The standard InChI is InChI=1S/C23H31F3N4O2/c1-14-9-16(11-17(10-14)23(24,25)26)20(31)28-12-15-5-7-18(8-6-15)27-13-19-29-21(32-30-19)22(2,3)4/h9-11,15,18,27H,5-8,12-13H2,1-4H3,(H,28,31)/t15-,18-. The number of amides is 1. The zero-order valence-electron chi connectivity index (χ0n) is 19.0. The van der Waals surface area contributed by atoms with Crippen molar-refractivity contribution in [2.45, 2.75) is 77.6 Å². The van der Waals surface area contributed by atoms with Crippen LogP contribution < -0.4 is 10.6 Å². The first-order chi connectivity index (χ1) is 14.9. The number of hydrogen-bond acceptors (Lipinski definition) is 5. The number of aromatic nitrogens is 2. The van der Waals surface area contributed by atoms with Crippen molar-refractivity contribution in [3.05, 3.63) is 46.6 Å². The van der Waals surface area contributed by atoms with E-state index in [1.165, 1.54) is 6.07 Å². The third kappa shape index (κ3) is 6.54. The van der Waals surface area contributed by atoms with Crippen molar-refractivity contribution in [3.63, 3.8) is 0 Å². The number of nitrogens with one attached hydrogen (secondary N) is 2. The molecule has 1 aliphatic rings. The Hall–Kier alpha value is -2.42. The van der Waals surface area contributed by atoms with Crippen molar-refractivity contribution in [2.75, 3.05) is 6.54 Å². The average molecular weight is 453 g/mol. The third-order valence-electron chi connectivity index (χ3n) is 5.72. The van der Waals surface area contributed by atoms with E-state index in [2.05, 4.69) is 20.8 Å². The Kier molecular flexibility index (Phi) is 7.27. The molecular formula is C23H31F3N4O2. The second-order valence-corrected chi connectivity index (χ2v) is 9.66. The summed E-state index contributed by atoms with van der Waals surface area (Å²) in [5.41, 5.74) is -0.527. The molecule has 2 aromatic rings. The van der Waals surface area contributed by atoms with Gasteiger partial charge >= 0.3 is 6.18 Å². The van der Waals surface area contributed by atoms with E-state index in [4.69, 9.17) is 4.52 Å². The second-order valence-electron chi connectivity index (χ2n) is 9.66. The highest BCUT2D eigenvalue weighted by Gasteiger charge is 2.31. The molecule has 1 aromatic carbocycles. The highest BCUT2D eigenvalue weighted by Crippen LogP contribution is 2.31. The van der Waals surface area contributed by atoms with Crippen LogP contribution >= 0.6 is 0 Å². The molecule has 1 aliphatic carbocycles. The third-order valence-corrected chi connectivity index (χ3v) is 5.72. The quantitative estimate of drug-likeness (QED) is 0.660. The van der Waals surface area contributed by atoms with Gasteiger partial charge in [-0.2, -0.15) is 18.2 Å². The van der Waals surface area contributed by atoms with Gasteiger partial charge in [0.15, 0.2) is 5.82 Å². The van der Waals surface area contributed by atoms with Crippen molar-refractivity contribution in [1.82, 2.24) is 20.8 Å². The number of rotatable bonds is 6. The summed E-state index contributed by atoms with van der Waals surface area (Å²) in [4.78, 5) is 16.8. The van der Waals surface area contributed by atoms with Gasteiger partial charge < -0.3 is 15.2 Å². The van der Waals surface area contributed by atoms with Crippen LogP contribution in [0.25, 0.3) is 0 Å². The average Bonchev–Trinajstić information content (AvgIpc) is 3.20. The fourth-order valence-corrected chi connectivity index (χ4v) is 3.85. The minimum Gasteiger partial charge on any atom is -0.352 e. The summed E-state index contributed by atoms with van der Waals surface area (Å²) in [7, 11) is 0. The predicted molar refractivity (Wildman–Crippen MR) is 114 cm³/mol. The van der Waals surface area contributed by atoms with Crippen LogP contribution in [-0.2, 0) is 18.1 Å². The van der Waals surface area contributed by atoms with Gasteiger partial charge in [-0.15, -0.1) is 0 Å². The molecule has 1 heterocycles. The molecule has 6 nitrogen and oxygen atoms in total. The molecule has 32 heavy (non-hydrogen) atoms. The molecule has 3 rings (SSSR count). The number of halogens is 3. The summed E-state index contributed by atoms with van der Waals surface area (Å²) < 4.78 is 44.3. The maximum absolute atomic E-state index is 13.0.